The van der Waals surface area contributed by atoms with Gasteiger partial charge in [0.05, 0.1) is 12.2 Å². The molecule has 0 amide bonds. The molecule has 3 rings (SSSR count). The molecule has 2 fully saturated rings. The number of guanidine groups is 1. The first kappa shape index (κ1) is 23.4. The predicted molar refractivity (Wildman–Crippen MR) is 127 cm³/mol. The van der Waals surface area contributed by atoms with Crippen molar-refractivity contribution in [1.29, 1.82) is 0 Å². The molecule has 0 saturated carbocycles. The number of ether oxygens (including phenoxy) is 1. The Bertz CT molecular complexity index is 654. The monoisotopic (exact) mass is 500 g/mol. The maximum Gasteiger partial charge on any atom is 0.193 e. The molecule has 0 spiro atoms. The first-order valence-corrected chi connectivity index (χ1v) is 10.3. The standard InChI is InChI=1S/C22H36N4O.HI/c1-17-13-25(14-18(2)27-17)15-20-9-7-6-8-19(20)12-24-21(23-5)26-11-10-22(3,4)16-26;/h6-9,17-18H,10-16H2,1-5H3,(H,23,24);1H. The van der Waals surface area contributed by atoms with E-state index in [1.54, 1.807) is 0 Å². The van der Waals surface area contributed by atoms with E-state index < -0.39 is 0 Å². The van der Waals surface area contributed by atoms with E-state index in [2.05, 4.69) is 72.1 Å². The molecule has 1 aromatic rings. The number of likely N-dealkylation sites (tertiary alicyclic amines) is 1. The van der Waals surface area contributed by atoms with E-state index in [4.69, 9.17) is 4.74 Å². The summed E-state index contributed by atoms with van der Waals surface area (Å²) in [4.78, 5) is 9.41. The van der Waals surface area contributed by atoms with E-state index >= 15 is 0 Å². The zero-order chi connectivity index (χ0) is 19.4. The molecular formula is C22H37IN4O. The van der Waals surface area contributed by atoms with E-state index in [0.29, 0.717) is 17.6 Å². The molecule has 2 unspecified atom stereocenters. The van der Waals surface area contributed by atoms with Crippen molar-refractivity contribution in [3.63, 3.8) is 0 Å². The lowest BCUT2D eigenvalue weighted by Gasteiger charge is -2.35. The Balaban J connectivity index is 0.00000280. The second-order valence-corrected chi connectivity index (χ2v) is 8.96. The SMILES string of the molecule is CN=C(NCc1ccccc1CN1CC(C)OC(C)C1)N1CCC(C)(C)C1.I. The number of nitrogens with one attached hydrogen (secondary N) is 1. The summed E-state index contributed by atoms with van der Waals surface area (Å²) in [7, 11) is 1.88. The van der Waals surface area contributed by atoms with Gasteiger partial charge >= 0.3 is 0 Å². The zero-order valence-electron chi connectivity index (χ0n) is 18.1. The molecule has 2 atom stereocenters. The van der Waals surface area contributed by atoms with Gasteiger partial charge in [0.2, 0.25) is 0 Å². The minimum absolute atomic E-state index is 0. The minimum atomic E-state index is 0. The van der Waals surface area contributed by atoms with Gasteiger partial charge in [-0.1, -0.05) is 38.1 Å². The van der Waals surface area contributed by atoms with E-state index in [0.717, 1.165) is 45.2 Å². The number of hydrogen-bond acceptors (Lipinski definition) is 3. The van der Waals surface area contributed by atoms with Gasteiger partial charge in [0.1, 0.15) is 0 Å². The number of morpholine rings is 1. The smallest absolute Gasteiger partial charge is 0.193 e. The number of nitrogens with zero attached hydrogens (tertiary/aromatic N) is 3. The van der Waals surface area contributed by atoms with Crippen LogP contribution < -0.4 is 5.32 Å². The fourth-order valence-corrected chi connectivity index (χ4v) is 4.34. The third kappa shape index (κ3) is 6.32. The first-order chi connectivity index (χ1) is 12.9. The van der Waals surface area contributed by atoms with Gasteiger partial charge in [-0.3, -0.25) is 9.89 Å². The molecule has 1 aromatic carbocycles. The van der Waals surface area contributed by atoms with Crippen LogP contribution in [0, 0.1) is 5.41 Å². The van der Waals surface area contributed by atoms with Crippen molar-refractivity contribution in [2.75, 3.05) is 33.2 Å². The second-order valence-electron chi connectivity index (χ2n) is 8.96. The predicted octanol–water partition coefficient (Wildman–Crippen LogP) is 3.72. The molecule has 2 aliphatic rings. The summed E-state index contributed by atoms with van der Waals surface area (Å²) in [6.07, 6.45) is 1.82. The van der Waals surface area contributed by atoms with Crippen molar-refractivity contribution in [3.05, 3.63) is 35.4 Å². The molecule has 0 bridgehead atoms. The van der Waals surface area contributed by atoms with E-state index in [-0.39, 0.29) is 24.0 Å². The van der Waals surface area contributed by atoms with Crippen LogP contribution in [0.2, 0.25) is 0 Å². The van der Waals surface area contributed by atoms with E-state index in [1.165, 1.54) is 17.5 Å². The lowest BCUT2D eigenvalue weighted by atomic mass is 9.93. The van der Waals surface area contributed by atoms with Crippen molar-refractivity contribution in [1.82, 2.24) is 15.1 Å². The van der Waals surface area contributed by atoms with Crippen LogP contribution in [0.5, 0.6) is 0 Å². The number of rotatable bonds is 4. The minimum Gasteiger partial charge on any atom is -0.373 e. The van der Waals surface area contributed by atoms with Crippen LogP contribution in [0.4, 0.5) is 0 Å². The molecule has 2 heterocycles. The Hall–Kier alpha value is -0.860. The quantitative estimate of drug-likeness (QED) is 0.389. The second kappa shape index (κ2) is 10.3. The van der Waals surface area contributed by atoms with E-state index in [1.807, 2.05) is 7.05 Å². The van der Waals surface area contributed by atoms with Crippen LogP contribution in [0.3, 0.4) is 0 Å². The topological polar surface area (TPSA) is 40.1 Å². The lowest BCUT2D eigenvalue weighted by Crippen LogP contribution is -2.45. The Morgan fingerprint density at radius 2 is 1.82 bits per heavy atom. The van der Waals surface area contributed by atoms with Gasteiger partial charge in [0, 0.05) is 46.3 Å². The van der Waals surface area contributed by atoms with Crippen LogP contribution in [-0.4, -0.2) is 61.2 Å². The van der Waals surface area contributed by atoms with Gasteiger partial charge in [0.15, 0.2) is 5.96 Å². The van der Waals surface area contributed by atoms with Crippen LogP contribution >= 0.6 is 24.0 Å². The van der Waals surface area contributed by atoms with Crippen molar-refractivity contribution < 1.29 is 4.74 Å². The summed E-state index contributed by atoms with van der Waals surface area (Å²) in [6, 6.07) is 8.76. The molecule has 0 aliphatic carbocycles. The van der Waals surface area contributed by atoms with Crippen molar-refractivity contribution in [2.24, 2.45) is 10.4 Å². The zero-order valence-corrected chi connectivity index (χ0v) is 20.4. The molecule has 2 saturated heterocycles. The number of hydrogen-bond donors (Lipinski definition) is 1. The van der Waals surface area contributed by atoms with Gasteiger partial charge in [-0.2, -0.15) is 0 Å². The summed E-state index contributed by atoms with van der Waals surface area (Å²) < 4.78 is 5.88. The highest BCUT2D eigenvalue weighted by atomic mass is 127. The number of aliphatic imine (C=N–C) groups is 1. The van der Waals surface area contributed by atoms with Gasteiger partial charge < -0.3 is 15.0 Å². The molecule has 1 N–H and O–H groups in total. The Kier molecular flexibility index (Phi) is 8.58. The van der Waals surface area contributed by atoms with Crippen molar-refractivity contribution in [3.8, 4) is 0 Å². The molecule has 2 aliphatic heterocycles. The maximum absolute atomic E-state index is 5.88. The Labute approximate surface area is 187 Å². The average molecular weight is 500 g/mol. The van der Waals surface area contributed by atoms with Crippen molar-refractivity contribution >= 4 is 29.9 Å². The fourth-order valence-electron chi connectivity index (χ4n) is 4.34. The summed E-state index contributed by atoms with van der Waals surface area (Å²) in [5, 5.41) is 3.59. The third-order valence-electron chi connectivity index (χ3n) is 5.63. The van der Waals surface area contributed by atoms with Gasteiger partial charge in [-0.05, 0) is 36.8 Å². The normalized spacial score (nSPS) is 25.5. The summed E-state index contributed by atoms with van der Waals surface area (Å²) >= 11 is 0. The molecule has 0 radical (unpaired) electrons. The lowest BCUT2D eigenvalue weighted by molar-refractivity contribution is -0.0705. The van der Waals surface area contributed by atoms with Crippen LogP contribution in [0.15, 0.2) is 29.3 Å². The largest absolute Gasteiger partial charge is 0.373 e. The van der Waals surface area contributed by atoms with Gasteiger partial charge in [-0.15, -0.1) is 24.0 Å². The summed E-state index contributed by atoms with van der Waals surface area (Å²) in [5.74, 6) is 1.02. The fraction of sp³-hybridized carbons (Fsp3) is 0.682. The molecular weight excluding hydrogens is 463 g/mol. The summed E-state index contributed by atoms with van der Waals surface area (Å²) in [6.45, 7) is 14.9. The molecule has 158 valence electrons. The highest BCUT2D eigenvalue weighted by molar-refractivity contribution is 14.0. The average Bonchev–Trinajstić information content (AvgIpc) is 2.96. The van der Waals surface area contributed by atoms with Crippen LogP contribution in [-0.2, 0) is 17.8 Å². The van der Waals surface area contributed by atoms with Crippen LogP contribution in [0.1, 0.15) is 45.2 Å². The molecule has 28 heavy (non-hydrogen) atoms. The molecule has 5 nitrogen and oxygen atoms in total. The third-order valence-corrected chi connectivity index (χ3v) is 5.63. The Morgan fingerprint density at radius 3 is 2.39 bits per heavy atom. The van der Waals surface area contributed by atoms with Crippen LogP contribution in [0.25, 0.3) is 0 Å². The van der Waals surface area contributed by atoms with Crippen molar-refractivity contribution in [2.45, 2.75) is 59.4 Å². The molecule has 6 heteroatoms. The summed E-state index contributed by atoms with van der Waals surface area (Å²) in [5.41, 5.74) is 3.12. The van der Waals surface area contributed by atoms with Gasteiger partial charge in [-0.25, -0.2) is 0 Å². The Morgan fingerprint density at radius 1 is 1.18 bits per heavy atom. The number of benzene rings is 1. The highest BCUT2D eigenvalue weighted by Crippen LogP contribution is 2.28. The number of halogens is 1. The van der Waals surface area contributed by atoms with Gasteiger partial charge in [0.25, 0.3) is 0 Å². The first-order valence-electron chi connectivity index (χ1n) is 10.3. The maximum atomic E-state index is 5.88. The molecule has 0 aromatic heterocycles. The van der Waals surface area contributed by atoms with E-state index in [9.17, 15) is 0 Å². The highest BCUT2D eigenvalue weighted by Gasteiger charge is 2.31.